The Kier molecular flexibility index (Phi) is 8.09. The molecule has 0 aromatic heterocycles. The van der Waals surface area contributed by atoms with E-state index in [4.69, 9.17) is 0 Å². The molecule has 0 saturated carbocycles. The Morgan fingerprint density at radius 2 is 1.75 bits per heavy atom. The maximum absolute atomic E-state index is 13.2. The van der Waals surface area contributed by atoms with E-state index in [-0.39, 0.29) is 17.2 Å². The predicted octanol–water partition coefficient (Wildman–Crippen LogP) is 4.43. The molecule has 1 saturated heterocycles. The molecule has 2 atom stereocenters. The van der Waals surface area contributed by atoms with Gasteiger partial charge in [0.1, 0.15) is 6.04 Å². The third-order valence-corrected chi connectivity index (χ3v) is 5.51. The van der Waals surface area contributed by atoms with Crippen molar-refractivity contribution in [1.82, 2.24) is 10.2 Å². The summed E-state index contributed by atoms with van der Waals surface area (Å²) in [7, 11) is 0. The minimum absolute atomic E-state index is 0.0172. The van der Waals surface area contributed by atoms with Crippen LogP contribution in [0.4, 0.5) is 0 Å². The van der Waals surface area contributed by atoms with Gasteiger partial charge in [0.25, 0.3) is 0 Å². The SMILES string of the molecule is CC1CCN(C(=O)C(Cc2ccccc2)NC(=O)CC(C)CC(C)(C)C)CC1. The van der Waals surface area contributed by atoms with Crippen LogP contribution in [0.15, 0.2) is 30.3 Å². The van der Waals surface area contributed by atoms with Gasteiger partial charge >= 0.3 is 0 Å². The summed E-state index contributed by atoms with van der Waals surface area (Å²) in [5.74, 6) is 1.01. The molecule has 0 aliphatic carbocycles. The molecule has 1 heterocycles. The van der Waals surface area contributed by atoms with Crippen LogP contribution in [-0.2, 0) is 16.0 Å². The molecule has 2 unspecified atom stereocenters. The molecule has 156 valence electrons. The van der Waals surface area contributed by atoms with Crippen LogP contribution in [0.1, 0.15) is 65.9 Å². The number of benzene rings is 1. The summed E-state index contributed by atoms with van der Waals surface area (Å²) in [5.41, 5.74) is 1.28. The first-order valence-electron chi connectivity index (χ1n) is 10.8. The maximum Gasteiger partial charge on any atom is 0.245 e. The molecule has 1 fully saturated rings. The molecule has 28 heavy (non-hydrogen) atoms. The van der Waals surface area contributed by atoms with E-state index < -0.39 is 6.04 Å². The summed E-state index contributed by atoms with van der Waals surface area (Å²) in [5, 5.41) is 3.06. The molecule has 1 N–H and O–H groups in total. The molecule has 1 aromatic carbocycles. The molecule has 1 aliphatic rings. The average Bonchev–Trinajstić information content (AvgIpc) is 2.60. The van der Waals surface area contributed by atoms with Crippen molar-refractivity contribution in [2.75, 3.05) is 13.1 Å². The van der Waals surface area contributed by atoms with Crippen molar-refractivity contribution in [3.63, 3.8) is 0 Å². The number of nitrogens with one attached hydrogen (secondary N) is 1. The number of amides is 2. The second-order valence-corrected chi connectivity index (χ2v) is 9.89. The number of hydrogen-bond acceptors (Lipinski definition) is 2. The standard InChI is InChI=1S/C24H38N2O2/c1-18-11-13-26(14-12-18)23(28)21(16-20-9-7-6-8-10-20)25-22(27)15-19(2)17-24(3,4)5/h6-10,18-19,21H,11-17H2,1-5H3,(H,25,27). The van der Waals surface area contributed by atoms with Gasteiger partial charge in [0.2, 0.25) is 11.8 Å². The van der Waals surface area contributed by atoms with Gasteiger partial charge in [0, 0.05) is 25.9 Å². The highest BCUT2D eigenvalue weighted by molar-refractivity contribution is 5.88. The lowest BCUT2D eigenvalue weighted by Gasteiger charge is -2.33. The molecule has 2 amide bonds. The smallest absolute Gasteiger partial charge is 0.245 e. The van der Waals surface area contributed by atoms with Crippen molar-refractivity contribution >= 4 is 11.8 Å². The van der Waals surface area contributed by atoms with Crippen molar-refractivity contribution in [1.29, 1.82) is 0 Å². The average molecular weight is 387 g/mol. The fourth-order valence-electron chi connectivity index (χ4n) is 4.19. The largest absolute Gasteiger partial charge is 0.344 e. The van der Waals surface area contributed by atoms with Crippen molar-refractivity contribution in [3.8, 4) is 0 Å². The molecule has 1 aliphatic heterocycles. The van der Waals surface area contributed by atoms with Gasteiger partial charge in [-0.2, -0.15) is 0 Å². The van der Waals surface area contributed by atoms with Crippen LogP contribution in [0.5, 0.6) is 0 Å². The van der Waals surface area contributed by atoms with Crippen molar-refractivity contribution < 1.29 is 9.59 Å². The van der Waals surface area contributed by atoms with Crippen molar-refractivity contribution in [2.24, 2.45) is 17.3 Å². The van der Waals surface area contributed by atoms with Gasteiger partial charge in [-0.15, -0.1) is 0 Å². The van der Waals surface area contributed by atoms with Gasteiger partial charge in [-0.1, -0.05) is 65.0 Å². The van der Waals surface area contributed by atoms with Gasteiger partial charge in [-0.3, -0.25) is 9.59 Å². The van der Waals surface area contributed by atoms with Crippen molar-refractivity contribution in [2.45, 2.75) is 72.8 Å². The first kappa shape index (κ1) is 22.4. The zero-order valence-electron chi connectivity index (χ0n) is 18.3. The van der Waals surface area contributed by atoms with E-state index in [2.05, 4.69) is 39.9 Å². The second-order valence-electron chi connectivity index (χ2n) is 9.89. The fraction of sp³-hybridized carbons (Fsp3) is 0.667. The van der Waals surface area contributed by atoms with E-state index in [0.29, 0.717) is 24.7 Å². The highest BCUT2D eigenvalue weighted by atomic mass is 16.2. The lowest BCUT2D eigenvalue weighted by Crippen LogP contribution is -2.51. The number of rotatable bonds is 7. The van der Waals surface area contributed by atoms with Gasteiger partial charge in [0.05, 0.1) is 0 Å². The monoisotopic (exact) mass is 386 g/mol. The molecule has 0 radical (unpaired) electrons. The van der Waals surface area contributed by atoms with E-state index in [1.165, 1.54) is 0 Å². The van der Waals surface area contributed by atoms with Crippen LogP contribution >= 0.6 is 0 Å². The van der Waals surface area contributed by atoms with Crippen LogP contribution < -0.4 is 5.32 Å². The Morgan fingerprint density at radius 3 is 2.32 bits per heavy atom. The zero-order chi connectivity index (χ0) is 20.7. The minimum atomic E-state index is -0.481. The van der Waals surface area contributed by atoms with E-state index in [1.807, 2.05) is 35.2 Å². The first-order valence-corrected chi connectivity index (χ1v) is 10.8. The third-order valence-electron chi connectivity index (χ3n) is 5.51. The second kappa shape index (κ2) is 10.1. The van der Waals surface area contributed by atoms with Gasteiger partial charge in [0.15, 0.2) is 0 Å². The van der Waals surface area contributed by atoms with Gasteiger partial charge in [-0.25, -0.2) is 0 Å². The molecular weight excluding hydrogens is 348 g/mol. The van der Waals surface area contributed by atoms with E-state index in [9.17, 15) is 9.59 Å². The molecule has 0 spiro atoms. The molecule has 1 aromatic rings. The Bertz CT molecular complexity index is 628. The lowest BCUT2D eigenvalue weighted by molar-refractivity contribution is -0.137. The molecule has 4 nitrogen and oxygen atoms in total. The third kappa shape index (κ3) is 7.65. The van der Waals surface area contributed by atoms with Gasteiger partial charge in [-0.05, 0) is 42.1 Å². The number of likely N-dealkylation sites (tertiary alicyclic amines) is 1. The highest BCUT2D eigenvalue weighted by Gasteiger charge is 2.29. The summed E-state index contributed by atoms with van der Waals surface area (Å²) in [6.45, 7) is 12.5. The Labute approximate surface area is 171 Å². The summed E-state index contributed by atoms with van der Waals surface area (Å²) < 4.78 is 0. The normalized spacial score (nSPS) is 17.8. The quantitative estimate of drug-likeness (QED) is 0.753. The summed E-state index contributed by atoms with van der Waals surface area (Å²) in [6, 6.07) is 9.49. The Balaban J connectivity index is 2.03. The first-order chi connectivity index (χ1) is 13.1. The number of carbonyl (C=O) groups is 2. The number of nitrogens with zero attached hydrogens (tertiary/aromatic N) is 1. The summed E-state index contributed by atoms with van der Waals surface area (Å²) in [6.07, 6.45) is 4.08. The van der Waals surface area contributed by atoms with E-state index >= 15 is 0 Å². The molecule has 0 bridgehead atoms. The highest BCUT2D eigenvalue weighted by Crippen LogP contribution is 2.26. The maximum atomic E-state index is 13.2. The number of piperidine rings is 1. The molecule has 4 heteroatoms. The van der Waals surface area contributed by atoms with Crippen molar-refractivity contribution in [3.05, 3.63) is 35.9 Å². The number of carbonyl (C=O) groups excluding carboxylic acids is 2. The van der Waals surface area contributed by atoms with Crippen LogP contribution in [0.3, 0.4) is 0 Å². The Morgan fingerprint density at radius 1 is 1.14 bits per heavy atom. The molecule has 2 rings (SSSR count). The topological polar surface area (TPSA) is 49.4 Å². The van der Waals surface area contributed by atoms with Crippen LogP contribution in [0.25, 0.3) is 0 Å². The van der Waals surface area contributed by atoms with Crippen LogP contribution in [-0.4, -0.2) is 35.8 Å². The Hall–Kier alpha value is -1.84. The zero-order valence-corrected chi connectivity index (χ0v) is 18.3. The van der Waals surface area contributed by atoms with Crippen LogP contribution in [0.2, 0.25) is 0 Å². The predicted molar refractivity (Wildman–Crippen MR) is 115 cm³/mol. The summed E-state index contributed by atoms with van der Waals surface area (Å²) in [4.78, 5) is 27.8. The van der Waals surface area contributed by atoms with Crippen LogP contribution in [0, 0.1) is 17.3 Å². The minimum Gasteiger partial charge on any atom is -0.344 e. The number of hydrogen-bond donors (Lipinski definition) is 1. The van der Waals surface area contributed by atoms with E-state index in [0.717, 1.165) is 37.9 Å². The summed E-state index contributed by atoms with van der Waals surface area (Å²) >= 11 is 0. The van der Waals surface area contributed by atoms with Gasteiger partial charge < -0.3 is 10.2 Å². The van der Waals surface area contributed by atoms with E-state index in [1.54, 1.807) is 0 Å². The fourth-order valence-corrected chi connectivity index (χ4v) is 4.19. The molecular formula is C24H38N2O2. The lowest BCUT2D eigenvalue weighted by atomic mass is 9.84.